The standard InChI is InChI=1S/C17H19N3O/c1-11-8-13(3)15(9-12(11)2)10-19-20-17(21)14-4-6-16(18)7-5-14/h4-10H,18H2,1-3H3,(H,20,21)/b19-10-. The van der Waals surface area contributed by atoms with Crippen molar-refractivity contribution in [2.75, 3.05) is 5.73 Å². The summed E-state index contributed by atoms with van der Waals surface area (Å²) < 4.78 is 0. The van der Waals surface area contributed by atoms with E-state index in [0.29, 0.717) is 11.3 Å². The second-order valence-corrected chi connectivity index (χ2v) is 5.11. The van der Waals surface area contributed by atoms with Crippen LogP contribution in [0.5, 0.6) is 0 Å². The molecule has 0 aliphatic heterocycles. The summed E-state index contributed by atoms with van der Waals surface area (Å²) in [5.74, 6) is -0.257. The molecule has 2 rings (SSSR count). The molecule has 21 heavy (non-hydrogen) atoms. The average Bonchev–Trinajstić information content (AvgIpc) is 2.45. The zero-order valence-electron chi connectivity index (χ0n) is 12.5. The van der Waals surface area contributed by atoms with E-state index >= 15 is 0 Å². The third kappa shape index (κ3) is 3.69. The highest BCUT2D eigenvalue weighted by Gasteiger charge is 2.03. The van der Waals surface area contributed by atoms with Crippen LogP contribution in [0.15, 0.2) is 41.5 Å². The molecule has 108 valence electrons. The highest BCUT2D eigenvalue weighted by atomic mass is 16.2. The minimum atomic E-state index is -0.257. The van der Waals surface area contributed by atoms with Crippen LogP contribution >= 0.6 is 0 Å². The number of nitrogen functional groups attached to an aromatic ring is 1. The lowest BCUT2D eigenvalue weighted by Gasteiger charge is -2.05. The zero-order valence-corrected chi connectivity index (χ0v) is 12.5. The topological polar surface area (TPSA) is 67.5 Å². The summed E-state index contributed by atoms with van der Waals surface area (Å²) in [4.78, 5) is 11.9. The van der Waals surface area contributed by atoms with Crippen molar-refractivity contribution in [2.45, 2.75) is 20.8 Å². The Kier molecular flexibility index (Phi) is 4.38. The maximum Gasteiger partial charge on any atom is 0.271 e. The molecule has 0 aliphatic carbocycles. The Balaban J connectivity index is 2.07. The predicted molar refractivity (Wildman–Crippen MR) is 86.6 cm³/mol. The highest BCUT2D eigenvalue weighted by molar-refractivity contribution is 5.95. The van der Waals surface area contributed by atoms with E-state index in [-0.39, 0.29) is 5.91 Å². The smallest absolute Gasteiger partial charge is 0.271 e. The maximum atomic E-state index is 11.9. The third-order valence-electron chi connectivity index (χ3n) is 3.42. The number of aryl methyl sites for hydroxylation is 3. The van der Waals surface area contributed by atoms with E-state index in [0.717, 1.165) is 11.1 Å². The first-order valence-electron chi connectivity index (χ1n) is 6.74. The van der Waals surface area contributed by atoms with Crippen LogP contribution in [-0.4, -0.2) is 12.1 Å². The van der Waals surface area contributed by atoms with Crippen molar-refractivity contribution in [3.05, 3.63) is 64.2 Å². The second kappa shape index (κ2) is 6.22. The lowest BCUT2D eigenvalue weighted by molar-refractivity contribution is 0.0955. The molecule has 2 aromatic carbocycles. The number of benzene rings is 2. The molecule has 0 saturated heterocycles. The molecule has 3 N–H and O–H groups in total. The number of nitrogens with two attached hydrogens (primary N) is 1. The molecular formula is C17H19N3O. The minimum absolute atomic E-state index is 0.257. The molecule has 0 unspecified atom stereocenters. The van der Waals surface area contributed by atoms with Crippen molar-refractivity contribution in [3.63, 3.8) is 0 Å². The summed E-state index contributed by atoms with van der Waals surface area (Å²) >= 11 is 0. The molecule has 0 heterocycles. The molecule has 0 aromatic heterocycles. The van der Waals surface area contributed by atoms with Gasteiger partial charge in [0.2, 0.25) is 0 Å². The van der Waals surface area contributed by atoms with E-state index in [1.165, 1.54) is 11.1 Å². The molecule has 0 fully saturated rings. The number of nitrogens with one attached hydrogen (secondary N) is 1. The van der Waals surface area contributed by atoms with Gasteiger partial charge in [0.15, 0.2) is 0 Å². The van der Waals surface area contributed by atoms with Crippen molar-refractivity contribution in [2.24, 2.45) is 5.10 Å². The van der Waals surface area contributed by atoms with Crippen LogP contribution in [0.25, 0.3) is 0 Å². The Hall–Kier alpha value is -2.62. The fraction of sp³-hybridized carbons (Fsp3) is 0.176. The SMILES string of the molecule is Cc1cc(C)c(/C=N\NC(=O)c2ccc(N)cc2)cc1C. The van der Waals surface area contributed by atoms with Crippen LogP contribution < -0.4 is 11.2 Å². The molecule has 4 heteroatoms. The molecule has 2 aromatic rings. The normalized spacial score (nSPS) is 10.8. The zero-order chi connectivity index (χ0) is 15.4. The number of carbonyl (C=O) groups is 1. The summed E-state index contributed by atoms with van der Waals surface area (Å²) in [7, 11) is 0. The van der Waals surface area contributed by atoms with Crippen molar-refractivity contribution >= 4 is 17.8 Å². The van der Waals surface area contributed by atoms with Crippen molar-refractivity contribution < 1.29 is 4.79 Å². The predicted octanol–water partition coefficient (Wildman–Crippen LogP) is 2.96. The van der Waals surface area contributed by atoms with Gasteiger partial charge in [-0.05, 0) is 73.4 Å². The molecule has 1 amide bonds. The van der Waals surface area contributed by atoms with Crippen LogP contribution in [0, 0.1) is 20.8 Å². The monoisotopic (exact) mass is 281 g/mol. The van der Waals surface area contributed by atoms with E-state index in [9.17, 15) is 4.79 Å². The summed E-state index contributed by atoms with van der Waals surface area (Å²) in [6.07, 6.45) is 1.66. The van der Waals surface area contributed by atoms with Gasteiger partial charge < -0.3 is 5.73 Å². The second-order valence-electron chi connectivity index (χ2n) is 5.11. The van der Waals surface area contributed by atoms with Crippen LogP contribution in [0.1, 0.15) is 32.6 Å². The number of hydrogen-bond acceptors (Lipinski definition) is 3. The Morgan fingerprint density at radius 3 is 2.33 bits per heavy atom. The minimum Gasteiger partial charge on any atom is -0.399 e. The molecule has 0 radical (unpaired) electrons. The van der Waals surface area contributed by atoms with Gasteiger partial charge in [0, 0.05) is 11.3 Å². The van der Waals surface area contributed by atoms with Gasteiger partial charge in [-0.15, -0.1) is 0 Å². The number of amides is 1. The van der Waals surface area contributed by atoms with Crippen LogP contribution in [0.3, 0.4) is 0 Å². The van der Waals surface area contributed by atoms with Gasteiger partial charge in [0.1, 0.15) is 0 Å². The number of hydrogen-bond donors (Lipinski definition) is 2. The van der Waals surface area contributed by atoms with Crippen molar-refractivity contribution in [3.8, 4) is 0 Å². The van der Waals surface area contributed by atoms with E-state index < -0.39 is 0 Å². The van der Waals surface area contributed by atoms with Gasteiger partial charge in [-0.25, -0.2) is 5.43 Å². The fourth-order valence-corrected chi connectivity index (χ4v) is 1.98. The van der Waals surface area contributed by atoms with Crippen molar-refractivity contribution in [1.82, 2.24) is 5.43 Å². The largest absolute Gasteiger partial charge is 0.399 e. The summed E-state index contributed by atoms with van der Waals surface area (Å²) in [5, 5.41) is 4.02. The summed E-state index contributed by atoms with van der Waals surface area (Å²) in [6.45, 7) is 6.15. The maximum absolute atomic E-state index is 11.9. The summed E-state index contributed by atoms with van der Waals surface area (Å²) in [5.41, 5.74) is 13.8. The van der Waals surface area contributed by atoms with Gasteiger partial charge in [-0.3, -0.25) is 4.79 Å². The Morgan fingerprint density at radius 2 is 1.67 bits per heavy atom. The van der Waals surface area contributed by atoms with Gasteiger partial charge in [0.05, 0.1) is 6.21 Å². The first-order chi connectivity index (χ1) is 9.97. The van der Waals surface area contributed by atoms with E-state index in [1.807, 2.05) is 6.92 Å². The number of nitrogens with zero attached hydrogens (tertiary/aromatic N) is 1. The Morgan fingerprint density at radius 1 is 1.05 bits per heavy atom. The number of rotatable bonds is 3. The molecule has 0 bridgehead atoms. The van der Waals surface area contributed by atoms with Gasteiger partial charge in [0.25, 0.3) is 5.91 Å². The van der Waals surface area contributed by atoms with Gasteiger partial charge >= 0.3 is 0 Å². The van der Waals surface area contributed by atoms with Crippen LogP contribution in [0.2, 0.25) is 0 Å². The highest BCUT2D eigenvalue weighted by Crippen LogP contribution is 2.13. The first kappa shape index (κ1) is 14.8. The Labute approximate surface area is 124 Å². The lowest BCUT2D eigenvalue weighted by atomic mass is 10.0. The fourth-order valence-electron chi connectivity index (χ4n) is 1.98. The van der Waals surface area contributed by atoms with Gasteiger partial charge in [-0.2, -0.15) is 5.10 Å². The summed E-state index contributed by atoms with van der Waals surface area (Å²) in [6, 6.07) is 10.9. The molecule has 0 atom stereocenters. The molecule has 0 aliphatic rings. The Bertz CT molecular complexity index is 688. The van der Waals surface area contributed by atoms with E-state index in [2.05, 4.69) is 36.5 Å². The molecular weight excluding hydrogens is 262 g/mol. The van der Waals surface area contributed by atoms with E-state index in [1.54, 1.807) is 30.5 Å². The molecule has 0 spiro atoms. The first-order valence-corrected chi connectivity index (χ1v) is 6.74. The average molecular weight is 281 g/mol. The molecule has 4 nitrogen and oxygen atoms in total. The number of hydrazone groups is 1. The van der Waals surface area contributed by atoms with Crippen molar-refractivity contribution in [1.29, 1.82) is 0 Å². The van der Waals surface area contributed by atoms with Crippen LogP contribution in [-0.2, 0) is 0 Å². The lowest BCUT2D eigenvalue weighted by Crippen LogP contribution is -2.17. The quantitative estimate of drug-likeness (QED) is 0.516. The number of anilines is 1. The molecule has 0 saturated carbocycles. The van der Waals surface area contributed by atoms with Gasteiger partial charge in [-0.1, -0.05) is 6.07 Å². The number of carbonyl (C=O) groups excluding carboxylic acids is 1. The van der Waals surface area contributed by atoms with Crippen LogP contribution in [0.4, 0.5) is 5.69 Å². The third-order valence-corrected chi connectivity index (χ3v) is 3.42. The van der Waals surface area contributed by atoms with E-state index in [4.69, 9.17) is 5.73 Å².